The van der Waals surface area contributed by atoms with E-state index in [1.54, 1.807) is 0 Å². The predicted octanol–water partition coefficient (Wildman–Crippen LogP) is 3.25. The highest BCUT2D eigenvalue weighted by Gasteiger charge is 2.18. The van der Waals surface area contributed by atoms with Crippen molar-refractivity contribution in [1.82, 2.24) is 4.98 Å². The van der Waals surface area contributed by atoms with E-state index in [2.05, 4.69) is 36.8 Å². The first kappa shape index (κ1) is 9.85. The maximum atomic E-state index is 12.1. The standard InChI is InChI=1S/C6H3Br2F2NO/c7-2-1-11-4(6(9)10)5(12)3(2)8/h1,6,12H. The molecule has 0 aliphatic heterocycles. The van der Waals surface area contributed by atoms with Gasteiger partial charge in [0.15, 0.2) is 5.75 Å². The van der Waals surface area contributed by atoms with E-state index in [1.807, 2.05) is 0 Å². The van der Waals surface area contributed by atoms with Crippen molar-refractivity contribution < 1.29 is 13.9 Å². The van der Waals surface area contributed by atoms with E-state index < -0.39 is 17.9 Å². The van der Waals surface area contributed by atoms with Crippen LogP contribution in [0.2, 0.25) is 0 Å². The summed E-state index contributed by atoms with van der Waals surface area (Å²) in [5, 5.41) is 9.13. The molecule has 0 radical (unpaired) electrons. The van der Waals surface area contributed by atoms with Gasteiger partial charge in [-0.05, 0) is 31.9 Å². The summed E-state index contributed by atoms with van der Waals surface area (Å²) in [5.74, 6) is -0.528. The Balaban J connectivity index is 3.27. The molecule has 0 amide bonds. The van der Waals surface area contributed by atoms with Crippen LogP contribution in [0.25, 0.3) is 0 Å². The van der Waals surface area contributed by atoms with Crippen LogP contribution in [0.3, 0.4) is 0 Å². The van der Waals surface area contributed by atoms with Gasteiger partial charge in [0.1, 0.15) is 5.69 Å². The zero-order chi connectivity index (χ0) is 9.30. The molecule has 0 aromatic carbocycles. The average molecular weight is 303 g/mol. The van der Waals surface area contributed by atoms with Gasteiger partial charge in [-0.15, -0.1) is 0 Å². The molecule has 1 aromatic heterocycles. The fraction of sp³-hybridized carbons (Fsp3) is 0.167. The first-order chi connectivity index (χ1) is 5.54. The lowest BCUT2D eigenvalue weighted by Crippen LogP contribution is -1.91. The Kier molecular flexibility index (Phi) is 3.00. The van der Waals surface area contributed by atoms with Crippen LogP contribution in [0.5, 0.6) is 5.75 Å². The number of rotatable bonds is 1. The second-order valence-corrected chi connectivity index (χ2v) is 3.60. The Morgan fingerprint density at radius 3 is 2.50 bits per heavy atom. The fourth-order valence-electron chi connectivity index (χ4n) is 0.629. The minimum absolute atomic E-state index is 0.188. The van der Waals surface area contributed by atoms with E-state index in [0.29, 0.717) is 4.47 Å². The summed E-state index contributed by atoms with van der Waals surface area (Å²) in [6.45, 7) is 0. The van der Waals surface area contributed by atoms with Crippen LogP contribution in [0.15, 0.2) is 15.1 Å². The van der Waals surface area contributed by atoms with E-state index in [0.717, 1.165) is 0 Å². The number of hydrogen-bond donors (Lipinski definition) is 1. The number of pyridine rings is 1. The number of nitrogens with zero attached hydrogens (tertiary/aromatic N) is 1. The van der Waals surface area contributed by atoms with E-state index in [-0.39, 0.29) is 4.47 Å². The molecule has 1 N–H and O–H groups in total. The molecular formula is C6H3Br2F2NO. The Bertz CT molecular complexity index is 306. The third-order valence-corrected chi connectivity index (χ3v) is 3.12. The molecule has 1 rings (SSSR count). The minimum Gasteiger partial charge on any atom is -0.505 e. The minimum atomic E-state index is -2.77. The lowest BCUT2D eigenvalue weighted by molar-refractivity contribution is 0.141. The third kappa shape index (κ3) is 1.74. The smallest absolute Gasteiger partial charge is 0.284 e. The zero-order valence-electron chi connectivity index (χ0n) is 5.56. The monoisotopic (exact) mass is 301 g/mol. The van der Waals surface area contributed by atoms with Crippen LogP contribution < -0.4 is 0 Å². The summed E-state index contributed by atoms with van der Waals surface area (Å²) in [5.41, 5.74) is -0.620. The van der Waals surface area contributed by atoms with Crippen molar-refractivity contribution in [1.29, 1.82) is 0 Å². The van der Waals surface area contributed by atoms with Gasteiger partial charge in [-0.1, -0.05) is 0 Å². The molecule has 12 heavy (non-hydrogen) atoms. The number of halogens is 4. The Hall–Kier alpha value is -0.230. The molecular weight excluding hydrogens is 300 g/mol. The van der Waals surface area contributed by atoms with Crippen molar-refractivity contribution in [3.63, 3.8) is 0 Å². The second-order valence-electron chi connectivity index (χ2n) is 1.95. The molecule has 0 fully saturated rings. The summed E-state index contributed by atoms with van der Waals surface area (Å²) in [6.07, 6.45) is -1.57. The SMILES string of the molecule is Oc1c(C(F)F)ncc(Br)c1Br. The normalized spacial score (nSPS) is 10.8. The topological polar surface area (TPSA) is 33.1 Å². The molecule has 0 spiro atoms. The van der Waals surface area contributed by atoms with Gasteiger partial charge in [-0.25, -0.2) is 8.78 Å². The lowest BCUT2D eigenvalue weighted by atomic mass is 10.3. The number of alkyl halides is 2. The largest absolute Gasteiger partial charge is 0.505 e. The molecule has 0 aliphatic rings. The number of hydrogen-bond acceptors (Lipinski definition) is 2. The quantitative estimate of drug-likeness (QED) is 0.864. The van der Waals surface area contributed by atoms with E-state index in [4.69, 9.17) is 5.11 Å². The van der Waals surface area contributed by atoms with Gasteiger partial charge in [-0.3, -0.25) is 4.98 Å². The van der Waals surface area contributed by atoms with Gasteiger partial charge < -0.3 is 5.11 Å². The van der Waals surface area contributed by atoms with Gasteiger partial charge in [-0.2, -0.15) is 0 Å². The third-order valence-electron chi connectivity index (χ3n) is 1.18. The number of aromatic hydroxyl groups is 1. The van der Waals surface area contributed by atoms with Crippen molar-refractivity contribution >= 4 is 31.9 Å². The highest BCUT2D eigenvalue weighted by atomic mass is 79.9. The second kappa shape index (κ2) is 3.66. The van der Waals surface area contributed by atoms with Crippen LogP contribution in [0.1, 0.15) is 12.1 Å². The lowest BCUT2D eigenvalue weighted by Gasteiger charge is -2.04. The molecule has 0 unspecified atom stereocenters. The van der Waals surface area contributed by atoms with Gasteiger partial charge in [0.2, 0.25) is 0 Å². The summed E-state index contributed by atoms with van der Waals surface area (Å²) in [4.78, 5) is 3.36. The summed E-state index contributed by atoms with van der Waals surface area (Å²) in [7, 11) is 0. The van der Waals surface area contributed by atoms with Crippen molar-refractivity contribution in [2.24, 2.45) is 0 Å². The van der Waals surface area contributed by atoms with Crippen LogP contribution in [-0.2, 0) is 0 Å². The Labute approximate surface area is 83.9 Å². The van der Waals surface area contributed by atoms with Gasteiger partial charge in [0.05, 0.1) is 8.95 Å². The van der Waals surface area contributed by atoms with Gasteiger partial charge in [0.25, 0.3) is 6.43 Å². The van der Waals surface area contributed by atoms with E-state index >= 15 is 0 Å². The summed E-state index contributed by atoms with van der Waals surface area (Å²) >= 11 is 5.94. The van der Waals surface area contributed by atoms with Crippen LogP contribution in [0.4, 0.5) is 8.78 Å². The molecule has 66 valence electrons. The van der Waals surface area contributed by atoms with Crippen LogP contribution in [-0.4, -0.2) is 10.1 Å². The first-order valence-electron chi connectivity index (χ1n) is 2.85. The highest BCUT2D eigenvalue weighted by molar-refractivity contribution is 9.13. The maximum Gasteiger partial charge on any atom is 0.284 e. The molecule has 0 aliphatic carbocycles. The highest BCUT2D eigenvalue weighted by Crippen LogP contribution is 2.36. The maximum absolute atomic E-state index is 12.1. The Morgan fingerprint density at radius 2 is 2.00 bits per heavy atom. The van der Waals surface area contributed by atoms with Crippen molar-refractivity contribution in [3.05, 3.63) is 20.8 Å². The van der Waals surface area contributed by atoms with Gasteiger partial charge >= 0.3 is 0 Å². The van der Waals surface area contributed by atoms with Crippen molar-refractivity contribution in [3.8, 4) is 5.75 Å². The van der Waals surface area contributed by atoms with E-state index in [9.17, 15) is 8.78 Å². The predicted molar refractivity (Wildman–Crippen MR) is 46.3 cm³/mol. The van der Waals surface area contributed by atoms with Gasteiger partial charge in [0, 0.05) is 6.20 Å². The molecule has 2 nitrogen and oxygen atoms in total. The van der Waals surface area contributed by atoms with Crippen LogP contribution in [0, 0.1) is 0 Å². The van der Waals surface area contributed by atoms with E-state index in [1.165, 1.54) is 6.20 Å². The molecule has 0 saturated heterocycles. The Morgan fingerprint density at radius 1 is 1.42 bits per heavy atom. The average Bonchev–Trinajstić information content (AvgIpc) is 2.00. The first-order valence-corrected chi connectivity index (χ1v) is 4.43. The number of aromatic nitrogens is 1. The molecule has 0 saturated carbocycles. The molecule has 0 bridgehead atoms. The molecule has 1 aromatic rings. The summed E-state index contributed by atoms with van der Waals surface area (Å²) < 4.78 is 24.8. The zero-order valence-corrected chi connectivity index (χ0v) is 8.73. The summed E-state index contributed by atoms with van der Waals surface area (Å²) in [6, 6.07) is 0. The molecule has 0 atom stereocenters. The molecule has 1 heterocycles. The van der Waals surface area contributed by atoms with Crippen molar-refractivity contribution in [2.45, 2.75) is 6.43 Å². The fourth-order valence-corrected chi connectivity index (χ4v) is 1.22. The van der Waals surface area contributed by atoms with Crippen molar-refractivity contribution in [2.75, 3.05) is 0 Å². The molecule has 6 heteroatoms. The van der Waals surface area contributed by atoms with Crippen LogP contribution >= 0.6 is 31.9 Å².